The van der Waals surface area contributed by atoms with Crippen LogP contribution in [-0.4, -0.2) is 10.9 Å². The van der Waals surface area contributed by atoms with Crippen LogP contribution >= 0.6 is 27.5 Å². The van der Waals surface area contributed by atoms with E-state index in [1.165, 1.54) is 0 Å². The van der Waals surface area contributed by atoms with Gasteiger partial charge >= 0.3 is 0 Å². The Morgan fingerprint density at radius 3 is 3.07 bits per heavy atom. The number of hydrogen-bond acceptors (Lipinski definition) is 2. The van der Waals surface area contributed by atoms with E-state index in [4.69, 9.17) is 17.3 Å². The summed E-state index contributed by atoms with van der Waals surface area (Å²) in [5.74, 6) is 4.94. The van der Waals surface area contributed by atoms with E-state index in [0.29, 0.717) is 10.7 Å². The van der Waals surface area contributed by atoms with Crippen LogP contribution in [0.3, 0.4) is 0 Å². The lowest BCUT2D eigenvalue weighted by Gasteiger charge is -1.94. The molecule has 0 radical (unpaired) electrons. The van der Waals surface area contributed by atoms with Crippen LogP contribution in [-0.2, 0) is 4.79 Å². The van der Waals surface area contributed by atoms with Gasteiger partial charge in [-0.1, -0.05) is 23.4 Å². The van der Waals surface area contributed by atoms with Crippen molar-refractivity contribution in [3.05, 3.63) is 27.5 Å². The molecule has 72 valence electrons. The van der Waals surface area contributed by atoms with Crippen molar-refractivity contribution in [1.82, 2.24) is 4.98 Å². The molecule has 0 aliphatic rings. The Morgan fingerprint density at radius 1 is 1.71 bits per heavy atom. The fourth-order valence-corrected chi connectivity index (χ4v) is 1.21. The summed E-state index contributed by atoms with van der Waals surface area (Å²) in [6.07, 6.45) is 1.59. The van der Waals surface area contributed by atoms with Crippen LogP contribution in [0.5, 0.6) is 0 Å². The molecule has 0 saturated heterocycles. The third-order valence-electron chi connectivity index (χ3n) is 1.31. The molecule has 0 fully saturated rings. The molecule has 0 spiro atoms. The van der Waals surface area contributed by atoms with Crippen molar-refractivity contribution in [2.45, 2.75) is 6.42 Å². The van der Waals surface area contributed by atoms with Crippen LogP contribution in [0.2, 0.25) is 5.15 Å². The number of carbonyl (C=O) groups is 1. The lowest BCUT2D eigenvalue weighted by Crippen LogP contribution is -2.08. The first-order valence-corrected chi connectivity index (χ1v) is 4.85. The molecule has 0 atom stereocenters. The van der Waals surface area contributed by atoms with Gasteiger partial charge in [-0.2, -0.15) is 0 Å². The minimum Gasteiger partial charge on any atom is -0.369 e. The van der Waals surface area contributed by atoms with Crippen molar-refractivity contribution >= 4 is 33.4 Å². The van der Waals surface area contributed by atoms with Crippen molar-refractivity contribution in [2.75, 3.05) is 0 Å². The molecular weight excluding hydrogens is 267 g/mol. The van der Waals surface area contributed by atoms with Crippen molar-refractivity contribution < 1.29 is 4.79 Å². The standard InChI is InChI=1S/C9H6BrClN2O/c10-7-5-13-8(11)4-6(7)2-1-3-9(12)14/h4-5H,3H2,(H2,12,14). The summed E-state index contributed by atoms with van der Waals surface area (Å²) in [7, 11) is 0. The Kier molecular flexibility index (Phi) is 3.93. The van der Waals surface area contributed by atoms with Crippen molar-refractivity contribution in [3.8, 4) is 11.8 Å². The number of amides is 1. The number of carbonyl (C=O) groups excluding carboxylic acids is 1. The fourth-order valence-electron chi connectivity index (χ4n) is 0.736. The van der Waals surface area contributed by atoms with Gasteiger partial charge in [0.05, 0.1) is 10.9 Å². The highest BCUT2D eigenvalue weighted by Crippen LogP contribution is 2.17. The Balaban J connectivity index is 2.88. The number of pyridine rings is 1. The number of nitrogens with two attached hydrogens (primary N) is 1. The Hall–Kier alpha value is -1.05. The highest BCUT2D eigenvalue weighted by atomic mass is 79.9. The molecule has 0 aromatic carbocycles. The van der Waals surface area contributed by atoms with Crippen LogP contribution in [0.15, 0.2) is 16.7 Å². The zero-order valence-corrected chi connectivity index (χ0v) is 9.39. The van der Waals surface area contributed by atoms with Gasteiger partial charge in [0.2, 0.25) is 5.91 Å². The second-order valence-electron chi connectivity index (χ2n) is 2.43. The van der Waals surface area contributed by atoms with Crippen molar-refractivity contribution in [3.63, 3.8) is 0 Å². The van der Waals surface area contributed by atoms with E-state index in [2.05, 4.69) is 32.8 Å². The summed E-state index contributed by atoms with van der Waals surface area (Å²) in [4.78, 5) is 14.3. The highest BCUT2D eigenvalue weighted by molar-refractivity contribution is 9.10. The van der Waals surface area contributed by atoms with Crippen LogP contribution in [0.25, 0.3) is 0 Å². The molecule has 0 aliphatic heterocycles. The predicted molar refractivity (Wildman–Crippen MR) is 57.6 cm³/mol. The van der Waals surface area contributed by atoms with Gasteiger partial charge in [-0.15, -0.1) is 0 Å². The van der Waals surface area contributed by atoms with Gasteiger partial charge in [-0.3, -0.25) is 4.79 Å². The smallest absolute Gasteiger partial charge is 0.229 e. The first-order valence-electron chi connectivity index (χ1n) is 3.68. The zero-order valence-electron chi connectivity index (χ0n) is 7.05. The van der Waals surface area contributed by atoms with Gasteiger partial charge in [0.15, 0.2) is 0 Å². The van der Waals surface area contributed by atoms with E-state index in [-0.39, 0.29) is 6.42 Å². The maximum Gasteiger partial charge on any atom is 0.229 e. The first kappa shape index (κ1) is 11.0. The van der Waals surface area contributed by atoms with Crippen LogP contribution in [0, 0.1) is 11.8 Å². The molecule has 0 unspecified atom stereocenters. The molecule has 1 amide bonds. The molecule has 0 bridgehead atoms. The topological polar surface area (TPSA) is 56.0 Å². The normalized spacial score (nSPS) is 9.00. The Labute approximate surface area is 94.8 Å². The molecule has 14 heavy (non-hydrogen) atoms. The second kappa shape index (κ2) is 4.99. The SMILES string of the molecule is NC(=O)CC#Cc1cc(Cl)ncc1Br. The molecule has 1 rings (SSSR count). The third kappa shape index (κ3) is 3.36. The maximum absolute atomic E-state index is 10.4. The second-order valence-corrected chi connectivity index (χ2v) is 3.67. The minimum atomic E-state index is -0.450. The quantitative estimate of drug-likeness (QED) is 0.626. The van der Waals surface area contributed by atoms with Gasteiger partial charge in [-0.25, -0.2) is 4.98 Å². The summed E-state index contributed by atoms with van der Waals surface area (Å²) in [6, 6.07) is 1.61. The van der Waals surface area contributed by atoms with Gasteiger partial charge in [0, 0.05) is 11.8 Å². The van der Waals surface area contributed by atoms with Crippen LogP contribution in [0.4, 0.5) is 0 Å². The first-order chi connectivity index (χ1) is 6.59. The molecular formula is C9H6BrClN2O. The molecule has 2 N–H and O–H groups in total. The monoisotopic (exact) mass is 272 g/mol. The van der Waals surface area contributed by atoms with E-state index in [1.54, 1.807) is 12.3 Å². The average molecular weight is 274 g/mol. The number of primary amides is 1. The minimum absolute atomic E-state index is 0.0341. The van der Waals surface area contributed by atoms with Crippen LogP contribution < -0.4 is 5.73 Å². The van der Waals surface area contributed by atoms with Crippen LogP contribution in [0.1, 0.15) is 12.0 Å². The van der Waals surface area contributed by atoms with E-state index in [1.807, 2.05) is 0 Å². The van der Waals surface area contributed by atoms with Gasteiger partial charge in [0.25, 0.3) is 0 Å². The molecule has 5 heteroatoms. The molecule has 1 aromatic heterocycles. The summed E-state index contributed by atoms with van der Waals surface area (Å²) in [5, 5.41) is 0.358. The number of nitrogens with zero attached hydrogens (tertiary/aromatic N) is 1. The number of halogens is 2. The van der Waals surface area contributed by atoms with E-state index in [0.717, 1.165) is 4.47 Å². The fraction of sp³-hybridized carbons (Fsp3) is 0.111. The average Bonchev–Trinajstić information content (AvgIpc) is 2.10. The lowest BCUT2D eigenvalue weighted by atomic mass is 10.2. The van der Waals surface area contributed by atoms with Gasteiger partial charge in [0.1, 0.15) is 5.15 Å². The Bertz CT molecular complexity index is 423. The van der Waals surface area contributed by atoms with Gasteiger partial charge < -0.3 is 5.73 Å². The van der Waals surface area contributed by atoms with E-state index in [9.17, 15) is 4.79 Å². The summed E-state index contributed by atoms with van der Waals surface area (Å²) >= 11 is 8.92. The molecule has 1 heterocycles. The van der Waals surface area contributed by atoms with Crippen molar-refractivity contribution in [1.29, 1.82) is 0 Å². The molecule has 0 aliphatic carbocycles. The lowest BCUT2D eigenvalue weighted by molar-refractivity contribution is -0.117. The van der Waals surface area contributed by atoms with E-state index < -0.39 is 5.91 Å². The third-order valence-corrected chi connectivity index (χ3v) is 2.15. The maximum atomic E-state index is 10.4. The number of rotatable bonds is 1. The number of aromatic nitrogens is 1. The molecule has 1 aromatic rings. The Morgan fingerprint density at radius 2 is 2.43 bits per heavy atom. The largest absolute Gasteiger partial charge is 0.369 e. The van der Waals surface area contributed by atoms with Gasteiger partial charge in [-0.05, 0) is 22.0 Å². The van der Waals surface area contributed by atoms with E-state index >= 15 is 0 Å². The molecule has 3 nitrogen and oxygen atoms in total. The summed E-state index contributed by atoms with van der Waals surface area (Å²) in [6.45, 7) is 0. The zero-order chi connectivity index (χ0) is 10.6. The predicted octanol–water partition coefficient (Wildman–Crippen LogP) is 1.72. The number of hydrogen-bond donors (Lipinski definition) is 1. The van der Waals surface area contributed by atoms with Crippen molar-refractivity contribution in [2.24, 2.45) is 5.73 Å². The summed E-state index contributed by atoms with van der Waals surface area (Å²) in [5.41, 5.74) is 5.62. The summed E-state index contributed by atoms with van der Waals surface area (Å²) < 4.78 is 0.735. The molecule has 0 saturated carbocycles. The highest BCUT2D eigenvalue weighted by Gasteiger charge is 1.98.